The molecule has 0 radical (unpaired) electrons. The van der Waals surface area contributed by atoms with Crippen LogP contribution < -0.4 is 0 Å². The summed E-state index contributed by atoms with van der Waals surface area (Å²) < 4.78 is 0. The minimum atomic E-state index is -0.624. The molecule has 2 heteroatoms. The highest BCUT2D eigenvalue weighted by atomic mass is 16.3. The molecule has 2 aliphatic carbocycles. The Balaban J connectivity index is 2.31. The van der Waals surface area contributed by atoms with Gasteiger partial charge in [-0.15, -0.1) is 0 Å². The van der Waals surface area contributed by atoms with E-state index in [4.69, 9.17) is 0 Å². The van der Waals surface area contributed by atoms with Gasteiger partial charge in [0.25, 0.3) is 0 Å². The molecule has 0 bridgehead atoms. The van der Waals surface area contributed by atoms with Gasteiger partial charge in [0, 0.05) is 6.42 Å². The zero-order valence-electron chi connectivity index (χ0n) is 7.34. The van der Waals surface area contributed by atoms with Crippen LogP contribution in [-0.4, -0.2) is 15.8 Å². The monoisotopic (exact) mass is 168 g/mol. The van der Waals surface area contributed by atoms with Crippen LogP contribution in [0.3, 0.4) is 0 Å². The van der Waals surface area contributed by atoms with Gasteiger partial charge in [0.2, 0.25) is 0 Å². The fourth-order valence-electron chi connectivity index (χ4n) is 2.49. The van der Waals surface area contributed by atoms with Crippen LogP contribution in [0.5, 0.6) is 0 Å². The van der Waals surface area contributed by atoms with E-state index in [2.05, 4.69) is 0 Å². The van der Waals surface area contributed by atoms with Crippen LogP contribution >= 0.6 is 0 Å². The maximum atomic E-state index is 10.1. The molecular weight excluding hydrogens is 152 g/mol. The number of allylic oxidation sites excluding steroid dienone is 1. The molecule has 0 heterocycles. The lowest BCUT2D eigenvalue weighted by Crippen LogP contribution is -2.37. The van der Waals surface area contributed by atoms with E-state index in [1.807, 2.05) is 0 Å². The molecule has 2 N–H and O–H groups in total. The molecule has 2 nitrogen and oxygen atoms in total. The molecule has 0 aromatic heterocycles. The zero-order valence-corrected chi connectivity index (χ0v) is 7.34. The molecule has 0 aromatic rings. The normalized spacial score (nSPS) is 36.4. The Morgan fingerprint density at radius 2 is 1.75 bits per heavy atom. The molecule has 0 saturated heterocycles. The first kappa shape index (κ1) is 8.11. The molecular formula is C10H16O2. The van der Waals surface area contributed by atoms with Gasteiger partial charge in [0.15, 0.2) is 0 Å². The number of aliphatic hydroxyl groups is 2. The second-order valence-electron chi connectivity index (χ2n) is 4.02. The topological polar surface area (TPSA) is 40.5 Å². The summed E-state index contributed by atoms with van der Waals surface area (Å²) in [5, 5.41) is 19.7. The van der Waals surface area contributed by atoms with E-state index < -0.39 is 5.60 Å². The van der Waals surface area contributed by atoms with E-state index in [0.29, 0.717) is 5.76 Å². The summed E-state index contributed by atoms with van der Waals surface area (Å²) in [4.78, 5) is 0. The second kappa shape index (κ2) is 2.77. The van der Waals surface area contributed by atoms with Gasteiger partial charge < -0.3 is 10.2 Å². The predicted octanol–water partition coefficient (Wildman–Crippen LogP) is 2.29. The summed E-state index contributed by atoms with van der Waals surface area (Å²) in [5.74, 6) is 0.475. The predicted molar refractivity (Wildman–Crippen MR) is 46.9 cm³/mol. The minimum Gasteiger partial charge on any atom is -0.512 e. The van der Waals surface area contributed by atoms with Gasteiger partial charge in [0.05, 0.1) is 11.4 Å². The Morgan fingerprint density at radius 1 is 1.00 bits per heavy atom. The quantitative estimate of drug-likeness (QED) is 0.582. The van der Waals surface area contributed by atoms with Crippen LogP contribution in [0, 0.1) is 0 Å². The van der Waals surface area contributed by atoms with Crippen LogP contribution in [0.1, 0.15) is 44.9 Å². The molecule has 0 spiro atoms. The third kappa shape index (κ3) is 1.14. The van der Waals surface area contributed by atoms with Crippen molar-refractivity contribution in [3.63, 3.8) is 0 Å². The maximum absolute atomic E-state index is 10.1. The van der Waals surface area contributed by atoms with Gasteiger partial charge in [-0.2, -0.15) is 0 Å². The van der Waals surface area contributed by atoms with Gasteiger partial charge in [-0.3, -0.25) is 0 Å². The van der Waals surface area contributed by atoms with Crippen LogP contribution in [0.15, 0.2) is 11.3 Å². The fourth-order valence-corrected chi connectivity index (χ4v) is 2.49. The summed E-state index contributed by atoms with van der Waals surface area (Å²) in [5.41, 5.74) is 0.320. The van der Waals surface area contributed by atoms with Crippen LogP contribution in [0.2, 0.25) is 0 Å². The van der Waals surface area contributed by atoms with E-state index in [-0.39, 0.29) is 0 Å². The highest BCUT2D eigenvalue weighted by Crippen LogP contribution is 2.42. The van der Waals surface area contributed by atoms with Crippen molar-refractivity contribution in [1.82, 2.24) is 0 Å². The lowest BCUT2D eigenvalue weighted by Gasteiger charge is -2.38. The third-order valence-electron chi connectivity index (χ3n) is 3.18. The molecule has 12 heavy (non-hydrogen) atoms. The molecule has 2 aliphatic rings. The average molecular weight is 168 g/mol. The summed E-state index contributed by atoms with van der Waals surface area (Å²) in [7, 11) is 0. The lowest BCUT2D eigenvalue weighted by atomic mass is 9.73. The molecule has 1 atom stereocenters. The number of rotatable bonds is 0. The Hall–Kier alpha value is -0.500. The van der Waals surface area contributed by atoms with Gasteiger partial charge in [-0.25, -0.2) is 0 Å². The van der Waals surface area contributed by atoms with Crippen molar-refractivity contribution < 1.29 is 10.2 Å². The molecule has 1 saturated carbocycles. The average Bonchev–Trinajstić information content (AvgIpc) is 2.04. The third-order valence-corrected chi connectivity index (χ3v) is 3.18. The number of aliphatic hydroxyl groups excluding tert-OH is 1. The molecule has 1 unspecified atom stereocenters. The van der Waals surface area contributed by atoms with E-state index in [1.165, 1.54) is 0 Å². The van der Waals surface area contributed by atoms with Crippen molar-refractivity contribution in [2.75, 3.05) is 0 Å². The fraction of sp³-hybridized carbons (Fsp3) is 0.800. The Kier molecular flexibility index (Phi) is 1.87. The summed E-state index contributed by atoms with van der Waals surface area (Å²) in [6.07, 6.45) is 6.56. The largest absolute Gasteiger partial charge is 0.512 e. The second-order valence-corrected chi connectivity index (χ2v) is 4.02. The zero-order chi connectivity index (χ0) is 8.60. The van der Waals surface area contributed by atoms with E-state index in [0.717, 1.165) is 50.5 Å². The van der Waals surface area contributed by atoms with E-state index in [1.54, 1.807) is 0 Å². The van der Waals surface area contributed by atoms with Crippen LogP contribution in [0.4, 0.5) is 0 Å². The summed E-state index contributed by atoms with van der Waals surface area (Å²) in [6.45, 7) is 0. The van der Waals surface area contributed by atoms with Crippen molar-refractivity contribution >= 4 is 0 Å². The highest BCUT2D eigenvalue weighted by molar-refractivity contribution is 5.24. The van der Waals surface area contributed by atoms with Gasteiger partial charge in [0.1, 0.15) is 0 Å². The Morgan fingerprint density at radius 3 is 2.50 bits per heavy atom. The molecule has 2 rings (SSSR count). The van der Waals surface area contributed by atoms with Gasteiger partial charge in [-0.1, -0.05) is 0 Å². The van der Waals surface area contributed by atoms with Crippen LogP contribution in [-0.2, 0) is 0 Å². The van der Waals surface area contributed by atoms with E-state index >= 15 is 0 Å². The standard InChI is InChI=1S/C10H16O2/c11-9-5-3-7-10(12)6-2-1-4-8(9)10/h11-12H,1-7H2. The van der Waals surface area contributed by atoms with Gasteiger partial charge >= 0.3 is 0 Å². The van der Waals surface area contributed by atoms with Crippen molar-refractivity contribution in [2.45, 2.75) is 50.5 Å². The van der Waals surface area contributed by atoms with Crippen molar-refractivity contribution in [3.05, 3.63) is 11.3 Å². The molecule has 1 fully saturated rings. The first-order chi connectivity index (χ1) is 5.72. The minimum absolute atomic E-state index is 0.475. The first-order valence-corrected chi connectivity index (χ1v) is 4.86. The van der Waals surface area contributed by atoms with Crippen molar-refractivity contribution in [3.8, 4) is 0 Å². The van der Waals surface area contributed by atoms with Crippen molar-refractivity contribution in [2.24, 2.45) is 0 Å². The summed E-state index contributed by atoms with van der Waals surface area (Å²) in [6, 6.07) is 0. The first-order valence-electron chi connectivity index (χ1n) is 4.86. The highest BCUT2D eigenvalue weighted by Gasteiger charge is 2.38. The maximum Gasteiger partial charge on any atom is 0.0943 e. The smallest absolute Gasteiger partial charge is 0.0943 e. The Labute approximate surface area is 72.9 Å². The number of hydrogen-bond acceptors (Lipinski definition) is 2. The molecule has 0 amide bonds. The molecule has 0 aromatic carbocycles. The lowest BCUT2D eigenvalue weighted by molar-refractivity contribution is 0.0268. The SMILES string of the molecule is OC1=C2CCCCC2(O)CCC1. The van der Waals surface area contributed by atoms with Gasteiger partial charge in [-0.05, 0) is 44.1 Å². The molecule has 68 valence electrons. The summed E-state index contributed by atoms with van der Waals surface area (Å²) >= 11 is 0. The number of hydrogen-bond donors (Lipinski definition) is 2. The number of fused-ring (bicyclic) bond motifs is 1. The van der Waals surface area contributed by atoms with E-state index in [9.17, 15) is 10.2 Å². The van der Waals surface area contributed by atoms with Crippen LogP contribution in [0.25, 0.3) is 0 Å². The van der Waals surface area contributed by atoms with Crippen molar-refractivity contribution in [1.29, 1.82) is 0 Å². The molecule has 0 aliphatic heterocycles. The Bertz CT molecular complexity index is 220.